The number of hydrogen-bond acceptors (Lipinski definition) is 6. The van der Waals surface area contributed by atoms with Gasteiger partial charge in [0.15, 0.2) is 5.75 Å². The minimum Gasteiger partial charge on any atom is -0.481 e. The second kappa shape index (κ2) is 5.44. The van der Waals surface area contributed by atoms with Crippen LogP contribution in [-0.2, 0) is 6.61 Å². The minimum atomic E-state index is -1.22. The number of thiazole rings is 1. The first-order chi connectivity index (χ1) is 9.08. The molecule has 1 aromatic carbocycles. The number of nitro benzene ring substituents is 1. The average Bonchev–Trinajstić information content (AvgIpc) is 2.89. The topological polar surface area (TPSA) is 103 Å². The van der Waals surface area contributed by atoms with Crippen LogP contribution in [0.15, 0.2) is 29.9 Å². The molecule has 0 atom stereocenters. The van der Waals surface area contributed by atoms with Crippen LogP contribution in [0, 0.1) is 10.1 Å². The summed E-state index contributed by atoms with van der Waals surface area (Å²) in [6, 6.07) is 3.52. The quantitative estimate of drug-likeness (QED) is 0.666. The molecule has 0 aliphatic rings. The van der Waals surface area contributed by atoms with Crippen LogP contribution >= 0.6 is 11.3 Å². The summed E-state index contributed by atoms with van der Waals surface area (Å²) < 4.78 is 5.31. The lowest BCUT2D eigenvalue weighted by molar-refractivity contribution is -0.386. The van der Waals surface area contributed by atoms with Crippen LogP contribution in [0.2, 0.25) is 0 Å². The van der Waals surface area contributed by atoms with Gasteiger partial charge in [-0.3, -0.25) is 15.1 Å². The highest BCUT2D eigenvalue weighted by Crippen LogP contribution is 2.29. The van der Waals surface area contributed by atoms with Crippen molar-refractivity contribution in [2.75, 3.05) is 0 Å². The molecule has 1 N–H and O–H groups in total. The maximum atomic E-state index is 10.9. The second-order valence-corrected chi connectivity index (χ2v) is 4.47. The number of benzene rings is 1. The SMILES string of the molecule is O=C(O)c1ccc(OCc2cncs2)c([N+](=O)[O-])c1. The van der Waals surface area contributed by atoms with E-state index < -0.39 is 10.9 Å². The number of nitrogens with zero attached hydrogens (tertiary/aromatic N) is 2. The van der Waals surface area contributed by atoms with Gasteiger partial charge in [-0.15, -0.1) is 11.3 Å². The third-order valence-electron chi connectivity index (χ3n) is 2.26. The van der Waals surface area contributed by atoms with Gasteiger partial charge in [0.25, 0.3) is 0 Å². The summed E-state index contributed by atoms with van der Waals surface area (Å²) >= 11 is 1.36. The molecule has 0 saturated heterocycles. The predicted octanol–water partition coefficient (Wildman–Crippen LogP) is 2.33. The van der Waals surface area contributed by atoms with E-state index >= 15 is 0 Å². The number of nitro groups is 1. The number of rotatable bonds is 5. The van der Waals surface area contributed by atoms with E-state index in [1.807, 2.05) is 0 Å². The molecule has 2 rings (SSSR count). The van der Waals surface area contributed by atoms with Gasteiger partial charge in [0.05, 0.1) is 20.9 Å². The molecule has 8 heteroatoms. The Morgan fingerprint density at radius 2 is 2.32 bits per heavy atom. The molecule has 0 saturated carbocycles. The Labute approximate surface area is 111 Å². The molecule has 0 aliphatic carbocycles. The van der Waals surface area contributed by atoms with Crippen LogP contribution in [0.1, 0.15) is 15.2 Å². The van der Waals surface area contributed by atoms with Crippen molar-refractivity contribution in [1.82, 2.24) is 4.98 Å². The monoisotopic (exact) mass is 280 g/mol. The highest BCUT2D eigenvalue weighted by Gasteiger charge is 2.18. The fourth-order valence-corrected chi connectivity index (χ4v) is 1.88. The second-order valence-electron chi connectivity index (χ2n) is 3.50. The van der Waals surface area contributed by atoms with Crippen LogP contribution in [0.3, 0.4) is 0 Å². The number of carbonyl (C=O) groups is 1. The van der Waals surface area contributed by atoms with Gasteiger partial charge >= 0.3 is 11.7 Å². The molecule has 19 heavy (non-hydrogen) atoms. The van der Waals surface area contributed by atoms with Gasteiger partial charge in [-0.25, -0.2) is 4.79 Å². The molecule has 0 unspecified atom stereocenters. The van der Waals surface area contributed by atoms with Gasteiger partial charge < -0.3 is 9.84 Å². The third kappa shape index (κ3) is 3.05. The van der Waals surface area contributed by atoms with E-state index in [2.05, 4.69) is 4.98 Å². The van der Waals surface area contributed by atoms with Crippen LogP contribution in [-0.4, -0.2) is 21.0 Å². The number of carboxylic acid groups (broad SMARTS) is 1. The van der Waals surface area contributed by atoms with E-state index in [-0.39, 0.29) is 23.6 Å². The standard InChI is InChI=1S/C11H8N2O5S/c14-11(15)7-1-2-10(9(3-7)13(16)17)18-5-8-4-12-6-19-8/h1-4,6H,5H2,(H,14,15). The van der Waals surface area contributed by atoms with E-state index in [0.29, 0.717) is 0 Å². The fourth-order valence-electron chi connectivity index (χ4n) is 1.38. The molecular formula is C11H8N2O5S. The van der Waals surface area contributed by atoms with Gasteiger partial charge in [-0.1, -0.05) is 0 Å². The molecule has 2 aromatic rings. The first-order valence-corrected chi connectivity index (χ1v) is 5.98. The molecule has 98 valence electrons. The van der Waals surface area contributed by atoms with Gasteiger partial charge in [0.1, 0.15) is 6.61 Å². The van der Waals surface area contributed by atoms with E-state index in [4.69, 9.17) is 9.84 Å². The average molecular weight is 280 g/mol. The molecule has 0 bridgehead atoms. The summed E-state index contributed by atoms with van der Waals surface area (Å²) in [7, 11) is 0. The number of aromatic nitrogens is 1. The summed E-state index contributed by atoms with van der Waals surface area (Å²) in [5.74, 6) is -1.19. The first-order valence-electron chi connectivity index (χ1n) is 5.10. The third-order valence-corrected chi connectivity index (χ3v) is 3.01. The van der Waals surface area contributed by atoms with E-state index in [1.165, 1.54) is 23.5 Å². The van der Waals surface area contributed by atoms with E-state index in [9.17, 15) is 14.9 Å². The number of aromatic carboxylic acids is 1. The Morgan fingerprint density at radius 1 is 1.53 bits per heavy atom. The van der Waals surface area contributed by atoms with Crippen LogP contribution in [0.25, 0.3) is 0 Å². The summed E-state index contributed by atoms with van der Waals surface area (Å²) in [6.45, 7) is 0.151. The largest absolute Gasteiger partial charge is 0.481 e. The van der Waals surface area contributed by atoms with Gasteiger partial charge in [-0.05, 0) is 12.1 Å². The molecular weight excluding hydrogens is 272 g/mol. The molecule has 0 spiro atoms. The Hall–Kier alpha value is -2.48. The van der Waals surface area contributed by atoms with Crippen molar-refractivity contribution in [3.05, 3.63) is 50.5 Å². The Bertz CT molecular complexity index is 612. The van der Waals surface area contributed by atoms with Crippen LogP contribution in [0.5, 0.6) is 5.75 Å². The number of carboxylic acids is 1. The van der Waals surface area contributed by atoms with Gasteiger partial charge in [0, 0.05) is 12.3 Å². The maximum absolute atomic E-state index is 10.9. The van der Waals surface area contributed by atoms with Crippen LogP contribution < -0.4 is 4.74 Å². The van der Waals surface area contributed by atoms with E-state index in [0.717, 1.165) is 10.9 Å². The van der Waals surface area contributed by atoms with Crippen molar-refractivity contribution in [3.8, 4) is 5.75 Å². The Morgan fingerprint density at radius 3 is 2.89 bits per heavy atom. The zero-order valence-corrected chi connectivity index (χ0v) is 10.3. The predicted molar refractivity (Wildman–Crippen MR) is 66.5 cm³/mol. The highest BCUT2D eigenvalue weighted by molar-refractivity contribution is 7.09. The summed E-state index contributed by atoms with van der Waals surface area (Å²) in [5, 5.41) is 19.7. The van der Waals surface area contributed by atoms with Crippen molar-refractivity contribution in [3.63, 3.8) is 0 Å². The van der Waals surface area contributed by atoms with Crippen molar-refractivity contribution < 1.29 is 19.6 Å². The lowest BCUT2D eigenvalue weighted by Gasteiger charge is -2.05. The lowest BCUT2D eigenvalue weighted by atomic mass is 10.2. The van der Waals surface area contributed by atoms with Crippen molar-refractivity contribution in [1.29, 1.82) is 0 Å². The summed E-state index contributed by atoms with van der Waals surface area (Å²) in [5.41, 5.74) is 1.10. The fraction of sp³-hybridized carbons (Fsp3) is 0.0909. The smallest absolute Gasteiger partial charge is 0.335 e. The zero-order valence-electron chi connectivity index (χ0n) is 9.48. The first kappa shape index (κ1) is 13.0. The number of ether oxygens (including phenoxy) is 1. The maximum Gasteiger partial charge on any atom is 0.335 e. The van der Waals surface area contributed by atoms with Crippen molar-refractivity contribution >= 4 is 23.0 Å². The van der Waals surface area contributed by atoms with E-state index in [1.54, 1.807) is 11.7 Å². The zero-order chi connectivity index (χ0) is 13.8. The molecule has 0 amide bonds. The molecule has 1 heterocycles. The van der Waals surface area contributed by atoms with Gasteiger partial charge in [0.2, 0.25) is 0 Å². The molecule has 7 nitrogen and oxygen atoms in total. The molecule has 0 fully saturated rings. The molecule has 1 aromatic heterocycles. The molecule has 0 radical (unpaired) electrons. The Kier molecular flexibility index (Phi) is 3.71. The normalized spacial score (nSPS) is 10.1. The number of hydrogen-bond donors (Lipinski definition) is 1. The summed E-state index contributed by atoms with van der Waals surface area (Å²) in [4.78, 5) is 25.6. The lowest BCUT2D eigenvalue weighted by Crippen LogP contribution is -2.01. The van der Waals surface area contributed by atoms with Crippen LogP contribution in [0.4, 0.5) is 5.69 Å². The van der Waals surface area contributed by atoms with Crippen molar-refractivity contribution in [2.24, 2.45) is 0 Å². The summed E-state index contributed by atoms with van der Waals surface area (Å²) in [6.07, 6.45) is 1.60. The Balaban J connectivity index is 2.24. The highest BCUT2D eigenvalue weighted by atomic mass is 32.1. The van der Waals surface area contributed by atoms with Crippen molar-refractivity contribution in [2.45, 2.75) is 6.61 Å². The minimum absolute atomic E-state index is 0.0309. The van der Waals surface area contributed by atoms with Gasteiger partial charge in [-0.2, -0.15) is 0 Å². The molecule has 0 aliphatic heterocycles.